The zero-order valence-corrected chi connectivity index (χ0v) is 22.0. The van der Waals surface area contributed by atoms with E-state index >= 15 is 0 Å². The van der Waals surface area contributed by atoms with Crippen molar-refractivity contribution in [3.05, 3.63) is 29.3 Å². The summed E-state index contributed by atoms with van der Waals surface area (Å²) in [6.45, 7) is 2.73. The van der Waals surface area contributed by atoms with E-state index in [4.69, 9.17) is 21.5 Å². The standard InChI is InChI=1S/C21H30ClN3O3S.C2HF3O2/c1-23(2)19(26)21-8-7-20(18(21)14-24(3)15-21)9-11-25(12-10-20)29(27,28)17-6-4-5-16(22)13-17;3-2(4,5)1(6)7/h4-6,13,18H,7-12,14-15H2,1-3H3;(H,6,7)/t18-,21+;/m0./s1. The van der Waals surface area contributed by atoms with Gasteiger partial charge in [-0.2, -0.15) is 17.5 Å². The number of hydrogen-bond donors (Lipinski definition) is 1. The van der Waals surface area contributed by atoms with Crippen molar-refractivity contribution in [2.24, 2.45) is 16.7 Å². The molecule has 1 spiro atoms. The minimum absolute atomic E-state index is 0.0524. The highest BCUT2D eigenvalue weighted by molar-refractivity contribution is 7.89. The summed E-state index contributed by atoms with van der Waals surface area (Å²) in [5, 5.41) is 7.55. The van der Waals surface area contributed by atoms with Crippen LogP contribution in [0.15, 0.2) is 29.2 Å². The number of alkyl halides is 3. The Kier molecular flexibility index (Phi) is 8.05. The van der Waals surface area contributed by atoms with E-state index in [1.807, 2.05) is 14.1 Å². The number of hydrogen-bond acceptors (Lipinski definition) is 5. The molecule has 13 heteroatoms. The summed E-state index contributed by atoms with van der Waals surface area (Å²) in [4.78, 5) is 26.3. The van der Waals surface area contributed by atoms with E-state index in [9.17, 15) is 26.4 Å². The van der Waals surface area contributed by atoms with Gasteiger partial charge in [-0.25, -0.2) is 13.2 Å². The first kappa shape index (κ1) is 28.7. The van der Waals surface area contributed by atoms with E-state index in [1.54, 1.807) is 27.4 Å². The van der Waals surface area contributed by atoms with Gasteiger partial charge in [-0.15, -0.1) is 0 Å². The van der Waals surface area contributed by atoms with Gasteiger partial charge in [-0.3, -0.25) is 4.79 Å². The molecule has 2 heterocycles. The zero-order chi connectivity index (χ0) is 27.1. The second-order valence-electron chi connectivity index (χ2n) is 10.1. The summed E-state index contributed by atoms with van der Waals surface area (Å²) in [5.74, 6) is -2.23. The van der Waals surface area contributed by atoms with Gasteiger partial charge >= 0.3 is 12.1 Å². The summed E-state index contributed by atoms with van der Waals surface area (Å²) in [6.07, 6.45) is -1.54. The van der Waals surface area contributed by atoms with Crippen molar-refractivity contribution in [3.8, 4) is 0 Å². The number of carboxylic acids is 1. The van der Waals surface area contributed by atoms with Crippen LogP contribution in [-0.4, -0.2) is 93.0 Å². The van der Waals surface area contributed by atoms with Gasteiger partial charge in [0.15, 0.2) is 0 Å². The van der Waals surface area contributed by atoms with Crippen molar-refractivity contribution in [3.63, 3.8) is 0 Å². The topological polar surface area (TPSA) is 98.2 Å². The molecule has 1 aromatic rings. The molecular weight excluding hydrogens is 523 g/mol. The minimum atomic E-state index is -5.08. The number of carbonyl (C=O) groups is 2. The first-order valence-electron chi connectivity index (χ1n) is 11.5. The quantitative estimate of drug-likeness (QED) is 0.617. The number of amides is 1. The lowest BCUT2D eigenvalue weighted by Crippen LogP contribution is -2.49. The Morgan fingerprint density at radius 2 is 1.72 bits per heavy atom. The number of sulfonamides is 1. The highest BCUT2D eigenvalue weighted by Crippen LogP contribution is 2.62. The first-order valence-corrected chi connectivity index (χ1v) is 13.3. The molecule has 2 aliphatic heterocycles. The Labute approximate surface area is 214 Å². The number of piperidine rings is 1. The lowest BCUT2D eigenvalue weighted by Gasteiger charge is -2.44. The van der Waals surface area contributed by atoms with Crippen LogP contribution < -0.4 is 0 Å². The average Bonchev–Trinajstić information content (AvgIpc) is 3.28. The summed E-state index contributed by atoms with van der Waals surface area (Å²) in [5.41, 5.74) is -0.261. The van der Waals surface area contributed by atoms with Gasteiger partial charge in [-0.1, -0.05) is 17.7 Å². The van der Waals surface area contributed by atoms with Crippen molar-refractivity contribution >= 4 is 33.5 Å². The van der Waals surface area contributed by atoms with Gasteiger partial charge in [0.05, 0.1) is 10.3 Å². The molecule has 1 saturated carbocycles. The van der Waals surface area contributed by atoms with Crippen LogP contribution in [0, 0.1) is 16.7 Å². The third-order valence-electron chi connectivity index (χ3n) is 7.75. The molecule has 0 unspecified atom stereocenters. The SMILES string of the molecule is CN1C[C@H]2C3(CCN(S(=O)(=O)c4cccc(Cl)c4)CC3)CC[C@@]2(C(=O)N(C)C)C1.O=C(O)C(F)(F)F. The van der Waals surface area contributed by atoms with Crippen LogP contribution >= 0.6 is 11.6 Å². The summed E-state index contributed by atoms with van der Waals surface area (Å²) < 4.78 is 59.5. The maximum Gasteiger partial charge on any atom is 0.490 e. The summed E-state index contributed by atoms with van der Waals surface area (Å²) >= 11 is 6.01. The molecule has 0 aromatic heterocycles. The molecule has 0 bridgehead atoms. The number of nitrogens with zero attached hydrogens (tertiary/aromatic N) is 3. The Bertz CT molecular complexity index is 1110. The molecule has 1 aliphatic carbocycles. The van der Waals surface area contributed by atoms with Crippen LogP contribution in [0.1, 0.15) is 25.7 Å². The molecule has 0 radical (unpaired) electrons. The van der Waals surface area contributed by atoms with Crippen LogP contribution in [0.5, 0.6) is 0 Å². The monoisotopic (exact) mass is 553 g/mol. The smallest absolute Gasteiger partial charge is 0.475 e. The van der Waals surface area contributed by atoms with Gasteiger partial charge in [0.1, 0.15) is 0 Å². The molecule has 1 amide bonds. The molecule has 1 aromatic carbocycles. The van der Waals surface area contributed by atoms with Crippen molar-refractivity contribution in [2.45, 2.75) is 36.8 Å². The molecule has 2 saturated heterocycles. The van der Waals surface area contributed by atoms with Gasteiger partial charge in [0.25, 0.3) is 0 Å². The minimum Gasteiger partial charge on any atom is -0.475 e. The summed E-state index contributed by atoms with van der Waals surface area (Å²) in [6, 6.07) is 6.48. The van der Waals surface area contributed by atoms with Crippen molar-refractivity contribution in [2.75, 3.05) is 47.3 Å². The Hall–Kier alpha value is -1.89. The number of benzene rings is 1. The molecule has 3 aliphatic rings. The lowest BCUT2D eigenvalue weighted by molar-refractivity contribution is -0.192. The van der Waals surface area contributed by atoms with Gasteiger partial charge in [0, 0.05) is 45.3 Å². The third-order valence-corrected chi connectivity index (χ3v) is 9.88. The number of likely N-dealkylation sites (tertiary alicyclic amines) is 1. The van der Waals surface area contributed by atoms with Crippen molar-refractivity contribution in [1.82, 2.24) is 14.1 Å². The maximum atomic E-state index is 13.1. The molecule has 1 N–H and O–H groups in total. The van der Waals surface area contributed by atoms with E-state index in [0.29, 0.717) is 24.0 Å². The van der Waals surface area contributed by atoms with E-state index in [-0.39, 0.29) is 21.6 Å². The Morgan fingerprint density at radius 1 is 1.14 bits per heavy atom. The maximum absolute atomic E-state index is 13.1. The number of halogens is 4. The predicted octanol–water partition coefficient (Wildman–Crippen LogP) is 3.17. The highest BCUT2D eigenvalue weighted by atomic mass is 35.5. The normalized spacial score (nSPS) is 26.2. The van der Waals surface area contributed by atoms with Crippen LogP contribution in [0.3, 0.4) is 0 Å². The van der Waals surface area contributed by atoms with Crippen LogP contribution in [0.25, 0.3) is 0 Å². The largest absolute Gasteiger partial charge is 0.490 e. The Balaban J connectivity index is 0.000000454. The molecule has 2 atom stereocenters. The third kappa shape index (κ3) is 5.36. The number of carboxylic acid groups (broad SMARTS) is 1. The van der Waals surface area contributed by atoms with Crippen LogP contribution in [0.2, 0.25) is 5.02 Å². The zero-order valence-electron chi connectivity index (χ0n) is 20.4. The van der Waals surface area contributed by atoms with Gasteiger partial charge in [0.2, 0.25) is 15.9 Å². The fourth-order valence-electron chi connectivity index (χ4n) is 6.14. The second kappa shape index (κ2) is 10.1. The average molecular weight is 554 g/mol. The van der Waals surface area contributed by atoms with Crippen LogP contribution in [0.4, 0.5) is 13.2 Å². The predicted molar refractivity (Wildman–Crippen MR) is 127 cm³/mol. The molecule has 3 fully saturated rings. The van der Waals surface area contributed by atoms with Crippen LogP contribution in [-0.2, 0) is 19.6 Å². The highest BCUT2D eigenvalue weighted by Gasteiger charge is 2.64. The molecule has 202 valence electrons. The molecular formula is C23H31ClF3N3O5S. The number of carbonyl (C=O) groups excluding carboxylic acids is 1. The second-order valence-corrected chi connectivity index (χ2v) is 12.5. The lowest BCUT2D eigenvalue weighted by atomic mass is 9.66. The van der Waals surface area contributed by atoms with E-state index < -0.39 is 22.2 Å². The summed E-state index contributed by atoms with van der Waals surface area (Å²) in [7, 11) is 2.24. The van der Waals surface area contributed by atoms with E-state index in [2.05, 4.69) is 11.9 Å². The van der Waals surface area contributed by atoms with Crippen molar-refractivity contribution < 1.29 is 36.3 Å². The van der Waals surface area contributed by atoms with Crippen molar-refractivity contribution in [1.29, 1.82) is 0 Å². The molecule has 8 nitrogen and oxygen atoms in total. The number of rotatable bonds is 3. The fraction of sp³-hybridized carbons (Fsp3) is 0.652. The number of aliphatic carboxylic acids is 1. The molecule has 4 rings (SSSR count). The Morgan fingerprint density at radius 3 is 2.22 bits per heavy atom. The number of fused-ring (bicyclic) bond motifs is 2. The fourth-order valence-corrected chi connectivity index (χ4v) is 7.88. The van der Waals surface area contributed by atoms with Gasteiger partial charge in [-0.05, 0) is 62.3 Å². The van der Waals surface area contributed by atoms with E-state index in [0.717, 1.165) is 38.8 Å². The van der Waals surface area contributed by atoms with Gasteiger partial charge < -0.3 is 14.9 Å². The van der Waals surface area contributed by atoms with E-state index in [1.165, 1.54) is 6.07 Å². The first-order chi connectivity index (χ1) is 16.5. The molecule has 36 heavy (non-hydrogen) atoms.